The molecule has 0 saturated heterocycles. The van der Waals surface area contributed by atoms with E-state index in [0.29, 0.717) is 16.5 Å². The summed E-state index contributed by atoms with van der Waals surface area (Å²) in [7, 11) is 0. The van der Waals surface area contributed by atoms with E-state index in [9.17, 15) is 9.50 Å². The van der Waals surface area contributed by atoms with Crippen LogP contribution in [0.2, 0.25) is 5.15 Å². The van der Waals surface area contributed by atoms with Gasteiger partial charge in [0.05, 0.1) is 9.26 Å². The highest BCUT2D eigenvalue weighted by atomic mass is 127. The van der Waals surface area contributed by atoms with Crippen LogP contribution >= 0.6 is 34.2 Å². The normalized spacial score (nSPS) is 11.7. The molecular formula is C14H13ClFIN2O. The van der Waals surface area contributed by atoms with Gasteiger partial charge in [0.2, 0.25) is 0 Å². The number of aromatic nitrogens is 2. The highest BCUT2D eigenvalue weighted by molar-refractivity contribution is 14.1. The summed E-state index contributed by atoms with van der Waals surface area (Å²) in [5.41, 5.74) is 1.08. The van der Waals surface area contributed by atoms with Gasteiger partial charge in [0.1, 0.15) is 5.15 Å². The lowest BCUT2D eigenvalue weighted by Crippen LogP contribution is -2.17. The molecule has 0 bridgehead atoms. The van der Waals surface area contributed by atoms with Crippen molar-refractivity contribution in [2.45, 2.75) is 26.2 Å². The highest BCUT2D eigenvalue weighted by Crippen LogP contribution is 2.32. The van der Waals surface area contributed by atoms with Crippen molar-refractivity contribution in [3.8, 4) is 17.1 Å². The van der Waals surface area contributed by atoms with E-state index < -0.39 is 11.6 Å². The summed E-state index contributed by atoms with van der Waals surface area (Å²) in [5, 5.41) is 9.57. The maximum absolute atomic E-state index is 13.4. The van der Waals surface area contributed by atoms with Gasteiger partial charge in [0.25, 0.3) is 0 Å². The number of halogens is 3. The lowest BCUT2D eigenvalue weighted by Gasteiger charge is -2.20. The third kappa shape index (κ3) is 3.03. The fourth-order valence-corrected chi connectivity index (χ4v) is 2.91. The van der Waals surface area contributed by atoms with Gasteiger partial charge >= 0.3 is 0 Å². The van der Waals surface area contributed by atoms with Crippen LogP contribution in [0.1, 0.15) is 26.5 Å². The van der Waals surface area contributed by atoms with E-state index in [1.54, 1.807) is 6.07 Å². The molecule has 0 aliphatic heterocycles. The Bertz CT molecular complexity index is 671. The number of phenolic OH excluding ortho intramolecular Hbond substituents is 1. The molecule has 0 radical (unpaired) electrons. The Morgan fingerprint density at radius 3 is 2.45 bits per heavy atom. The molecule has 6 heteroatoms. The van der Waals surface area contributed by atoms with E-state index in [-0.39, 0.29) is 5.41 Å². The summed E-state index contributed by atoms with van der Waals surface area (Å²) >= 11 is 8.25. The Hall–Kier alpha value is -0.950. The molecule has 0 aliphatic rings. The molecule has 0 fully saturated rings. The van der Waals surface area contributed by atoms with Crippen molar-refractivity contribution < 1.29 is 9.50 Å². The van der Waals surface area contributed by atoms with E-state index in [2.05, 4.69) is 32.6 Å². The van der Waals surface area contributed by atoms with Crippen molar-refractivity contribution in [2.24, 2.45) is 0 Å². The quantitative estimate of drug-likeness (QED) is 0.558. The second-order valence-electron chi connectivity index (χ2n) is 5.42. The molecule has 1 aromatic carbocycles. The molecule has 1 N–H and O–H groups in total. The standard InChI is InChI=1S/C14H13ClFIN2O/c1-14(2,3)11-10(17)12(15)19-13(18-11)7-4-5-9(20)8(16)6-7/h4-6,20H,1-3H3. The second kappa shape index (κ2) is 5.44. The zero-order valence-electron chi connectivity index (χ0n) is 11.2. The van der Waals surface area contributed by atoms with Crippen LogP contribution in [-0.2, 0) is 5.41 Å². The van der Waals surface area contributed by atoms with E-state index >= 15 is 0 Å². The van der Waals surface area contributed by atoms with Crippen LogP contribution in [-0.4, -0.2) is 15.1 Å². The minimum Gasteiger partial charge on any atom is -0.505 e. The summed E-state index contributed by atoms with van der Waals surface area (Å²) in [6, 6.07) is 4.03. The summed E-state index contributed by atoms with van der Waals surface area (Å²) in [4.78, 5) is 8.68. The van der Waals surface area contributed by atoms with Gasteiger partial charge in [-0.2, -0.15) is 0 Å². The molecule has 106 valence electrons. The third-order valence-electron chi connectivity index (χ3n) is 2.73. The lowest BCUT2D eigenvalue weighted by molar-refractivity contribution is 0.432. The van der Waals surface area contributed by atoms with Crippen molar-refractivity contribution in [3.05, 3.63) is 38.4 Å². The number of benzene rings is 1. The van der Waals surface area contributed by atoms with Crippen molar-refractivity contribution in [2.75, 3.05) is 0 Å². The Balaban J connectivity index is 2.63. The predicted octanol–water partition coefficient (Wildman–Crippen LogP) is 4.54. The van der Waals surface area contributed by atoms with Crippen LogP contribution in [0.25, 0.3) is 11.4 Å². The van der Waals surface area contributed by atoms with Gasteiger partial charge in [-0.05, 0) is 40.8 Å². The average molecular weight is 407 g/mol. The smallest absolute Gasteiger partial charge is 0.165 e. The van der Waals surface area contributed by atoms with Crippen LogP contribution in [0.15, 0.2) is 18.2 Å². The molecule has 0 atom stereocenters. The SMILES string of the molecule is CC(C)(C)c1nc(-c2ccc(O)c(F)c2)nc(Cl)c1I. The van der Waals surface area contributed by atoms with Gasteiger partial charge in [-0.3, -0.25) is 0 Å². The monoisotopic (exact) mass is 406 g/mol. The van der Waals surface area contributed by atoms with Gasteiger partial charge in [0.15, 0.2) is 17.4 Å². The molecule has 2 rings (SSSR count). The van der Waals surface area contributed by atoms with Gasteiger partial charge in [-0.1, -0.05) is 32.4 Å². The first-order chi connectivity index (χ1) is 9.20. The van der Waals surface area contributed by atoms with E-state index in [1.165, 1.54) is 12.1 Å². The molecule has 0 amide bonds. The molecule has 3 nitrogen and oxygen atoms in total. The molecule has 20 heavy (non-hydrogen) atoms. The minimum absolute atomic E-state index is 0.201. The molecule has 0 unspecified atom stereocenters. The highest BCUT2D eigenvalue weighted by Gasteiger charge is 2.23. The van der Waals surface area contributed by atoms with Crippen LogP contribution in [0.4, 0.5) is 4.39 Å². The Kier molecular flexibility index (Phi) is 4.20. The first-order valence-electron chi connectivity index (χ1n) is 5.92. The first-order valence-corrected chi connectivity index (χ1v) is 7.38. The lowest BCUT2D eigenvalue weighted by atomic mass is 9.92. The second-order valence-corrected chi connectivity index (χ2v) is 6.85. The van der Waals surface area contributed by atoms with Crippen LogP contribution < -0.4 is 0 Å². The van der Waals surface area contributed by atoms with Gasteiger partial charge in [0, 0.05) is 11.0 Å². The van der Waals surface area contributed by atoms with E-state index in [0.717, 1.165) is 9.26 Å². The minimum atomic E-state index is -0.710. The number of rotatable bonds is 1. The number of nitrogens with zero attached hydrogens (tertiary/aromatic N) is 2. The van der Waals surface area contributed by atoms with Crippen LogP contribution in [0, 0.1) is 9.39 Å². The fraction of sp³-hybridized carbons (Fsp3) is 0.286. The van der Waals surface area contributed by atoms with Gasteiger partial charge in [-0.15, -0.1) is 0 Å². The summed E-state index contributed by atoms with van der Waals surface area (Å²) < 4.78 is 14.2. The predicted molar refractivity (Wildman–Crippen MR) is 85.5 cm³/mol. The van der Waals surface area contributed by atoms with E-state index in [4.69, 9.17) is 11.6 Å². The zero-order chi connectivity index (χ0) is 15.1. The topological polar surface area (TPSA) is 46.0 Å². The number of hydrogen-bond donors (Lipinski definition) is 1. The Morgan fingerprint density at radius 2 is 1.90 bits per heavy atom. The third-order valence-corrected chi connectivity index (χ3v) is 4.34. The Morgan fingerprint density at radius 1 is 1.25 bits per heavy atom. The summed E-state index contributed by atoms with van der Waals surface area (Å²) in [6.45, 7) is 6.07. The summed E-state index contributed by atoms with van der Waals surface area (Å²) in [6.07, 6.45) is 0. The molecule has 0 spiro atoms. The van der Waals surface area contributed by atoms with Crippen LogP contribution in [0.3, 0.4) is 0 Å². The zero-order valence-corrected chi connectivity index (χ0v) is 14.1. The number of aromatic hydroxyl groups is 1. The van der Waals surface area contributed by atoms with Crippen LogP contribution in [0.5, 0.6) is 5.75 Å². The number of hydrogen-bond acceptors (Lipinski definition) is 3. The molecule has 0 aliphatic carbocycles. The molecule has 2 aromatic rings. The average Bonchev–Trinajstić information content (AvgIpc) is 2.34. The Labute approximate surface area is 135 Å². The maximum atomic E-state index is 13.4. The molecular weight excluding hydrogens is 394 g/mol. The largest absolute Gasteiger partial charge is 0.505 e. The van der Waals surface area contributed by atoms with Gasteiger partial charge in [-0.25, -0.2) is 14.4 Å². The van der Waals surface area contributed by atoms with Crippen molar-refractivity contribution in [3.63, 3.8) is 0 Å². The van der Waals surface area contributed by atoms with Gasteiger partial charge < -0.3 is 5.11 Å². The molecule has 1 heterocycles. The van der Waals surface area contributed by atoms with Crippen molar-refractivity contribution in [1.82, 2.24) is 9.97 Å². The number of phenols is 1. The summed E-state index contributed by atoms with van der Waals surface area (Å²) in [5.74, 6) is -0.765. The first kappa shape index (κ1) is 15.4. The molecule has 1 aromatic heterocycles. The van der Waals surface area contributed by atoms with Crippen molar-refractivity contribution in [1.29, 1.82) is 0 Å². The molecule has 0 saturated carbocycles. The van der Waals surface area contributed by atoms with E-state index in [1.807, 2.05) is 20.8 Å². The van der Waals surface area contributed by atoms with Crippen molar-refractivity contribution >= 4 is 34.2 Å². The fourth-order valence-electron chi connectivity index (χ4n) is 1.69. The maximum Gasteiger partial charge on any atom is 0.165 e.